The van der Waals surface area contributed by atoms with Crippen LogP contribution < -0.4 is 9.62 Å². The van der Waals surface area contributed by atoms with Gasteiger partial charge in [-0.15, -0.1) is 0 Å². The maximum absolute atomic E-state index is 12.8. The summed E-state index contributed by atoms with van der Waals surface area (Å²) in [6.07, 6.45) is 2.37. The number of aryl methyl sites for hydroxylation is 1. The molecule has 26 heavy (non-hydrogen) atoms. The van der Waals surface area contributed by atoms with Gasteiger partial charge in [-0.25, -0.2) is 12.8 Å². The van der Waals surface area contributed by atoms with Crippen molar-refractivity contribution in [3.63, 3.8) is 0 Å². The van der Waals surface area contributed by atoms with E-state index >= 15 is 0 Å². The Labute approximate surface area is 152 Å². The van der Waals surface area contributed by atoms with Gasteiger partial charge < -0.3 is 5.32 Å². The lowest BCUT2D eigenvalue weighted by atomic mass is 10.1. The topological polar surface area (TPSA) is 66.5 Å². The van der Waals surface area contributed by atoms with E-state index < -0.39 is 10.0 Å². The fraction of sp³-hybridized carbons (Fsp3) is 0.316. The molecule has 5 nitrogen and oxygen atoms in total. The van der Waals surface area contributed by atoms with Gasteiger partial charge in [0.05, 0.1) is 11.4 Å². The molecule has 0 bridgehead atoms. The van der Waals surface area contributed by atoms with Crippen molar-refractivity contribution in [2.45, 2.75) is 25.7 Å². The Morgan fingerprint density at radius 1 is 1.08 bits per heavy atom. The van der Waals surface area contributed by atoms with Crippen LogP contribution in [-0.2, 0) is 21.2 Å². The SMILES string of the molecule is O=C(CCCc1ccc(F)cc1)Nc1ccc(N2CCCS2(=O)=O)cc1. The molecule has 1 aliphatic heterocycles. The molecule has 0 aromatic heterocycles. The zero-order chi connectivity index (χ0) is 18.6. The van der Waals surface area contributed by atoms with Crippen molar-refractivity contribution in [3.8, 4) is 0 Å². The van der Waals surface area contributed by atoms with Crippen LogP contribution in [0, 0.1) is 5.82 Å². The van der Waals surface area contributed by atoms with E-state index in [0.29, 0.717) is 43.6 Å². The van der Waals surface area contributed by atoms with Gasteiger partial charge in [-0.05, 0) is 61.2 Å². The highest BCUT2D eigenvalue weighted by molar-refractivity contribution is 7.93. The quantitative estimate of drug-likeness (QED) is 0.841. The molecule has 0 radical (unpaired) electrons. The Bertz CT molecular complexity index is 865. The van der Waals surface area contributed by atoms with Gasteiger partial charge in [0.2, 0.25) is 15.9 Å². The minimum Gasteiger partial charge on any atom is -0.326 e. The highest BCUT2D eigenvalue weighted by atomic mass is 32.2. The number of hydrogen-bond donors (Lipinski definition) is 1. The molecular formula is C19H21FN2O3S. The van der Waals surface area contributed by atoms with Gasteiger partial charge in [0.1, 0.15) is 5.82 Å². The van der Waals surface area contributed by atoms with E-state index in [9.17, 15) is 17.6 Å². The molecule has 0 aliphatic carbocycles. The molecule has 1 N–H and O–H groups in total. The Balaban J connectivity index is 1.49. The van der Waals surface area contributed by atoms with Crippen LogP contribution in [0.3, 0.4) is 0 Å². The number of carbonyl (C=O) groups excluding carboxylic acids is 1. The second-order valence-electron chi connectivity index (χ2n) is 6.32. The molecule has 1 aliphatic rings. The monoisotopic (exact) mass is 376 g/mol. The number of amides is 1. The maximum Gasteiger partial charge on any atom is 0.235 e. The molecule has 0 unspecified atom stereocenters. The van der Waals surface area contributed by atoms with Gasteiger partial charge in [0.25, 0.3) is 0 Å². The van der Waals surface area contributed by atoms with E-state index in [1.165, 1.54) is 16.4 Å². The molecule has 1 amide bonds. The van der Waals surface area contributed by atoms with Gasteiger partial charge in [-0.1, -0.05) is 12.1 Å². The summed E-state index contributed by atoms with van der Waals surface area (Å²) in [7, 11) is -3.19. The van der Waals surface area contributed by atoms with Crippen LogP contribution in [0.5, 0.6) is 0 Å². The number of halogens is 1. The maximum atomic E-state index is 12.8. The number of hydrogen-bond acceptors (Lipinski definition) is 3. The molecule has 2 aromatic rings. The first-order valence-electron chi connectivity index (χ1n) is 8.59. The minimum absolute atomic E-state index is 0.103. The third-order valence-electron chi connectivity index (χ3n) is 4.32. The molecule has 3 rings (SSSR count). The van der Waals surface area contributed by atoms with Crippen LogP contribution in [-0.4, -0.2) is 26.6 Å². The summed E-state index contributed by atoms with van der Waals surface area (Å²) in [4.78, 5) is 12.0. The molecular weight excluding hydrogens is 355 g/mol. The minimum atomic E-state index is -3.19. The highest BCUT2D eigenvalue weighted by Gasteiger charge is 2.28. The van der Waals surface area contributed by atoms with Crippen molar-refractivity contribution in [2.24, 2.45) is 0 Å². The van der Waals surface area contributed by atoms with Crippen molar-refractivity contribution in [1.29, 1.82) is 0 Å². The lowest BCUT2D eigenvalue weighted by molar-refractivity contribution is -0.116. The van der Waals surface area contributed by atoms with E-state index in [-0.39, 0.29) is 17.5 Å². The second kappa shape index (κ2) is 7.86. The standard InChI is InChI=1S/C19H21FN2O3S/c20-16-7-5-15(6-8-16)3-1-4-19(23)21-17-9-11-18(12-10-17)22-13-2-14-26(22,24)25/h5-12H,1-4,13-14H2,(H,21,23). The molecule has 1 fully saturated rings. The van der Waals surface area contributed by atoms with Crippen LogP contribution >= 0.6 is 0 Å². The van der Waals surface area contributed by atoms with E-state index in [1.807, 2.05) is 0 Å². The van der Waals surface area contributed by atoms with Gasteiger partial charge in [-0.3, -0.25) is 9.10 Å². The van der Waals surface area contributed by atoms with Crippen LogP contribution in [0.1, 0.15) is 24.8 Å². The Morgan fingerprint density at radius 2 is 1.77 bits per heavy atom. The Hall–Kier alpha value is -2.41. The summed E-state index contributed by atoms with van der Waals surface area (Å²) in [5, 5.41) is 2.81. The van der Waals surface area contributed by atoms with Gasteiger partial charge >= 0.3 is 0 Å². The molecule has 0 atom stereocenters. The largest absolute Gasteiger partial charge is 0.326 e. The first-order chi connectivity index (χ1) is 12.4. The lowest BCUT2D eigenvalue weighted by Crippen LogP contribution is -2.24. The van der Waals surface area contributed by atoms with Crippen LogP contribution in [0.4, 0.5) is 15.8 Å². The van der Waals surface area contributed by atoms with Crippen molar-refractivity contribution in [1.82, 2.24) is 0 Å². The normalized spacial score (nSPS) is 15.8. The average molecular weight is 376 g/mol. The highest BCUT2D eigenvalue weighted by Crippen LogP contribution is 2.25. The van der Waals surface area contributed by atoms with Gasteiger partial charge in [-0.2, -0.15) is 0 Å². The van der Waals surface area contributed by atoms with E-state index in [0.717, 1.165) is 5.56 Å². The molecule has 2 aromatic carbocycles. The summed E-state index contributed by atoms with van der Waals surface area (Å²) >= 11 is 0. The van der Waals surface area contributed by atoms with E-state index in [1.54, 1.807) is 36.4 Å². The molecule has 1 saturated heterocycles. The number of sulfonamides is 1. The second-order valence-corrected chi connectivity index (χ2v) is 8.33. The number of carbonyl (C=O) groups is 1. The van der Waals surface area contributed by atoms with Crippen molar-refractivity contribution >= 4 is 27.3 Å². The van der Waals surface area contributed by atoms with E-state index in [2.05, 4.69) is 5.32 Å². The predicted molar refractivity (Wildman–Crippen MR) is 100 cm³/mol. The van der Waals surface area contributed by atoms with Gasteiger partial charge in [0.15, 0.2) is 0 Å². The van der Waals surface area contributed by atoms with Crippen molar-refractivity contribution < 1.29 is 17.6 Å². The molecule has 0 saturated carbocycles. The molecule has 138 valence electrons. The zero-order valence-corrected chi connectivity index (χ0v) is 15.1. The van der Waals surface area contributed by atoms with Crippen LogP contribution in [0.15, 0.2) is 48.5 Å². The van der Waals surface area contributed by atoms with Crippen molar-refractivity contribution in [3.05, 3.63) is 59.9 Å². The van der Waals surface area contributed by atoms with Gasteiger partial charge in [0, 0.05) is 18.7 Å². The predicted octanol–water partition coefficient (Wildman–Crippen LogP) is 3.33. The average Bonchev–Trinajstić information content (AvgIpc) is 2.97. The first kappa shape index (κ1) is 18.4. The summed E-state index contributed by atoms with van der Waals surface area (Å²) in [5.74, 6) is -0.190. The molecule has 7 heteroatoms. The van der Waals surface area contributed by atoms with Crippen LogP contribution in [0.25, 0.3) is 0 Å². The fourth-order valence-electron chi connectivity index (χ4n) is 2.97. The lowest BCUT2D eigenvalue weighted by Gasteiger charge is -2.17. The molecule has 1 heterocycles. The summed E-state index contributed by atoms with van der Waals surface area (Å²) in [5.41, 5.74) is 2.25. The Morgan fingerprint density at radius 3 is 2.38 bits per heavy atom. The number of nitrogens with zero attached hydrogens (tertiary/aromatic N) is 1. The Kier molecular flexibility index (Phi) is 5.56. The third kappa shape index (κ3) is 4.60. The number of anilines is 2. The smallest absolute Gasteiger partial charge is 0.235 e. The van der Waals surface area contributed by atoms with Crippen LogP contribution in [0.2, 0.25) is 0 Å². The first-order valence-corrected chi connectivity index (χ1v) is 10.2. The van der Waals surface area contributed by atoms with E-state index in [4.69, 9.17) is 0 Å². The zero-order valence-electron chi connectivity index (χ0n) is 14.3. The fourth-order valence-corrected chi connectivity index (χ4v) is 4.53. The third-order valence-corrected chi connectivity index (χ3v) is 6.19. The summed E-state index contributed by atoms with van der Waals surface area (Å²) in [6.45, 7) is 0.497. The number of benzene rings is 2. The summed E-state index contributed by atoms with van der Waals surface area (Å²) in [6, 6.07) is 13.1. The number of rotatable bonds is 6. The number of nitrogens with one attached hydrogen (secondary N) is 1. The molecule has 0 spiro atoms. The summed E-state index contributed by atoms with van der Waals surface area (Å²) < 4.78 is 38.1. The van der Waals surface area contributed by atoms with Crippen molar-refractivity contribution in [2.75, 3.05) is 21.9 Å².